The Morgan fingerprint density at radius 1 is 0.382 bits per heavy atom. The molecule has 6 amide bonds. The van der Waals surface area contributed by atoms with Crippen molar-refractivity contribution in [1.82, 2.24) is 30.2 Å². The molecule has 4 aliphatic carbocycles. The van der Waals surface area contributed by atoms with Gasteiger partial charge < -0.3 is 65.9 Å². The number of halogens is 8. The normalized spacial score (nSPS) is 17.5. The van der Waals surface area contributed by atoms with Gasteiger partial charge >= 0.3 is 59.4 Å². The first-order chi connectivity index (χ1) is 66.1. The molecule has 4 saturated carbocycles. The van der Waals surface area contributed by atoms with Crippen LogP contribution in [0.5, 0.6) is 0 Å². The van der Waals surface area contributed by atoms with Crippen LogP contribution in [-0.2, 0) is 47.8 Å². The molecule has 4 atom stereocenters. The van der Waals surface area contributed by atoms with Gasteiger partial charge in [0.05, 0.1) is 61.7 Å². The maximum absolute atomic E-state index is 13.7. The van der Waals surface area contributed by atoms with Crippen LogP contribution in [0.4, 0.5) is 0 Å². The Hall–Kier alpha value is -10.2. The standard InChI is InChI=1S/C29H33Cl2N3O4.C25H25Cl2N3O4.C23H22Cl2N2O3.C22H20Cl2N2O3.C7H15NO2.CH4.Na.H2O/c1-28(2,3)38-23(35)12-13-32-26(36)19-10-8-18(9-11-19)25(17-6-7-17)34-27(37)24(33-29(34,4)5)20-14-21(30)16-22(31)15-20;1-25(2)29-21(17-11-18(26)13-19(27)12-17)24(34)30(25)22(14-3-4-14)15-5-7-16(8-6-15)23(33)28-10-9-20(31)32;1-23(2)26-19(16-10-17(24)12-18(25)11-16)21(28)27(23)20(13-4-5-13)14-6-8-15(9-7-14)22(29)30-3;1-22(2)25-18(15-9-16(23)11-17(24)10-15)20(27)26(22)19(12-3-4-12)13-5-7-14(8-6-13)21(28)29;1-7(2,3)10-6(9)4-5-8;;;/h8-11,14-17,25H,6-7,12-13H2,1-5H3,(H,32,36);5-8,11-14,22H,3-4,9-10H2,1-2H3,(H,28,33)(H,31,32);6-13,20H,4-5H2,1-3H3;5-12,19H,3-4H2,1-2H3,(H,28,29);4-5,8H2,1-3H3;1H4;;1H2/q;;;;;;+1;/p-1/t25-;22-;20-;19-;;;;/m1111..../s1. The van der Waals surface area contributed by atoms with Crippen molar-refractivity contribution in [1.29, 1.82) is 0 Å². The molecule has 0 aromatic heterocycles. The molecule has 0 bridgehead atoms. The third-order valence-electron chi connectivity index (χ3n) is 24.1. The summed E-state index contributed by atoms with van der Waals surface area (Å²) in [6.45, 7) is 26.9. The second kappa shape index (κ2) is 48.7. The summed E-state index contributed by atoms with van der Waals surface area (Å²) in [4.78, 5) is 162. The van der Waals surface area contributed by atoms with Gasteiger partial charge in [0.1, 0.15) is 56.7 Å². The van der Waals surface area contributed by atoms with Gasteiger partial charge in [0, 0.05) is 93.2 Å². The number of ether oxygens (including phenoxy) is 3. The van der Waals surface area contributed by atoms with Crippen molar-refractivity contribution in [3.05, 3.63) is 277 Å². The van der Waals surface area contributed by atoms with Crippen LogP contribution in [0.1, 0.15) is 285 Å². The van der Waals surface area contributed by atoms with Gasteiger partial charge in [-0.25, -0.2) is 9.59 Å². The maximum atomic E-state index is 13.7. The number of aliphatic imine (C=N–C) groups is 4. The van der Waals surface area contributed by atoms with Gasteiger partial charge in [-0.05, 0) is 316 Å². The number of rotatable bonds is 28. The number of esters is 3. The van der Waals surface area contributed by atoms with E-state index in [9.17, 15) is 57.8 Å². The van der Waals surface area contributed by atoms with E-state index in [0.29, 0.717) is 139 Å². The Kier molecular flexibility index (Phi) is 39.7. The number of hydrogen-bond acceptors (Lipinski definition) is 20. The summed E-state index contributed by atoms with van der Waals surface area (Å²) in [6, 6.07) is 47.8. The molecule has 8 aromatic carbocycles. The first-order valence-corrected chi connectivity index (χ1v) is 49.4. The Balaban J connectivity index is 0.000000206. The molecule has 4 fully saturated rings. The van der Waals surface area contributed by atoms with E-state index in [2.05, 4.69) is 10.6 Å². The first kappa shape index (κ1) is 117. The second-order valence-corrected chi connectivity index (χ2v) is 43.2. The zero-order valence-electron chi connectivity index (χ0n) is 82.4. The van der Waals surface area contributed by atoms with Crippen molar-refractivity contribution in [2.75, 3.05) is 26.7 Å². The third-order valence-corrected chi connectivity index (χ3v) is 25.9. The Morgan fingerprint density at radius 3 is 0.812 bits per heavy atom. The monoisotopic (exact) mass is 2130 g/mol. The molecular formula is C107H120Cl8N11NaO17. The van der Waals surface area contributed by atoms with Crippen LogP contribution in [0.15, 0.2) is 190 Å². The van der Waals surface area contributed by atoms with Crippen molar-refractivity contribution < 1.29 is 112 Å². The number of carbonyl (C=O) groups excluding carboxylic acids is 9. The van der Waals surface area contributed by atoms with Crippen LogP contribution in [0.3, 0.4) is 0 Å². The minimum absolute atomic E-state index is 0. The number of carbonyl (C=O) groups is 11. The fraction of sp³-hybridized carbons (Fsp3) is 0.411. The minimum atomic E-state index is -0.972. The molecule has 4 heterocycles. The average Bonchev–Trinajstić information content (AvgIpc) is 1.60. The average molecular weight is 2140 g/mol. The van der Waals surface area contributed by atoms with Crippen molar-refractivity contribution in [2.45, 2.75) is 233 Å². The van der Waals surface area contributed by atoms with E-state index in [4.69, 9.17) is 138 Å². The summed E-state index contributed by atoms with van der Waals surface area (Å²) in [6.07, 6.45) is 8.40. The molecule has 762 valence electrons. The number of methoxy groups -OCH3 is 1. The Labute approximate surface area is 901 Å². The van der Waals surface area contributed by atoms with Crippen LogP contribution >= 0.6 is 92.8 Å². The molecule has 37 heteroatoms. The zero-order chi connectivity index (χ0) is 103. The van der Waals surface area contributed by atoms with Gasteiger partial charge in [0.2, 0.25) is 0 Å². The van der Waals surface area contributed by atoms with Gasteiger partial charge in [-0.2, -0.15) is 0 Å². The fourth-order valence-corrected chi connectivity index (χ4v) is 19.7. The van der Waals surface area contributed by atoms with Gasteiger partial charge in [-0.15, -0.1) is 0 Å². The minimum Gasteiger partial charge on any atom is -0.870 e. The molecule has 4 aliphatic heterocycles. The van der Waals surface area contributed by atoms with Crippen molar-refractivity contribution in [2.24, 2.45) is 49.4 Å². The molecule has 0 saturated heterocycles. The van der Waals surface area contributed by atoms with Gasteiger partial charge in [0.15, 0.2) is 0 Å². The molecule has 16 rings (SSSR count). The summed E-state index contributed by atoms with van der Waals surface area (Å²) < 4.78 is 15.0. The number of nitrogens with one attached hydrogen (secondary N) is 2. The summed E-state index contributed by atoms with van der Waals surface area (Å²) in [5.74, 6) is -2.91. The number of aromatic carboxylic acids is 1. The Morgan fingerprint density at radius 2 is 0.604 bits per heavy atom. The summed E-state index contributed by atoms with van der Waals surface area (Å²) >= 11 is 49.3. The molecule has 144 heavy (non-hydrogen) atoms. The van der Waals surface area contributed by atoms with Crippen molar-refractivity contribution in [3.63, 3.8) is 0 Å². The predicted molar refractivity (Wildman–Crippen MR) is 557 cm³/mol. The summed E-state index contributed by atoms with van der Waals surface area (Å²) in [5, 5.41) is 26.8. The van der Waals surface area contributed by atoms with Gasteiger partial charge in [0.25, 0.3) is 35.4 Å². The van der Waals surface area contributed by atoms with Gasteiger partial charge in [-0.1, -0.05) is 149 Å². The molecule has 8 aromatic rings. The summed E-state index contributed by atoms with van der Waals surface area (Å²) in [7, 11) is 1.36. The maximum Gasteiger partial charge on any atom is 1.00 e. The van der Waals surface area contributed by atoms with E-state index in [0.717, 1.165) is 73.6 Å². The first-order valence-electron chi connectivity index (χ1n) is 46.4. The van der Waals surface area contributed by atoms with E-state index in [1.807, 2.05) is 132 Å². The van der Waals surface area contributed by atoms with Crippen LogP contribution in [-0.4, -0.2) is 184 Å². The van der Waals surface area contributed by atoms with E-state index in [1.165, 1.54) is 7.11 Å². The number of amides is 6. The number of nitrogens with two attached hydrogens (primary N) is 1. The molecule has 8 aliphatic rings. The van der Waals surface area contributed by atoms with Crippen LogP contribution < -0.4 is 45.9 Å². The number of hydrogen-bond donors (Lipinski definition) is 5. The van der Waals surface area contributed by atoms with Crippen molar-refractivity contribution in [3.8, 4) is 0 Å². The quantitative estimate of drug-likeness (QED) is 0.0173. The second-order valence-electron chi connectivity index (χ2n) is 39.7. The van der Waals surface area contributed by atoms with E-state index in [1.54, 1.807) is 154 Å². The molecular weight excluding hydrogens is 2020 g/mol. The number of carboxylic acid groups (broad SMARTS) is 2. The molecule has 0 spiro atoms. The predicted octanol–water partition coefficient (Wildman–Crippen LogP) is 19.3. The number of nitrogens with zero attached hydrogens (tertiary/aromatic N) is 8. The topological polar surface area (TPSA) is 398 Å². The van der Waals surface area contributed by atoms with E-state index in [-0.39, 0.29) is 157 Å². The molecule has 0 radical (unpaired) electrons. The van der Waals surface area contributed by atoms with Crippen LogP contribution in [0, 0.1) is 23.7 Å². The molecule has 0 unspecified atom stereocenters. The van der Waals surface area contributed by atoms with Crippen LogP contribution in [0.25, 0.3) is 0 Å². The van der Waals surface area contributed by atoms with E-state index >= 15 is 0 Å². The van der Waals surface area contributed by atoms with E-state index < -0.39 is 40.2 Å². The molecule has 7 N–H and O–H groups in total. The Bertz CT molecular complexity index is 6190. The SMILES string of the molecule is C.CC(C)(C)OC(=O)CCN.CC(C)(C)OC(=O)CCNC(=O)c1ccc([C@@H](C2CC2)N2C(=O)C(c3cc(Cl)cc(Cl)c3)=NC2(C)C)cc1.CC1(C)N=C(c2cc(Cl)cc(Cl)c2)C(=O)N1[C@@H](c1ccc(C(=O)NCCC(=O)O)cc1)C1CC1.CC1(C)N=C(c2cc(Cl)cc(Cl)c2)C(=O)N1[C@@H](c1ccc(C(=O)O)cc1)C1CC1.COC(=O)c1ccc([C@@H](C2CC2)N2C(=O)C(c3cc(Cl)cc(Cl)c3)=NC2(C)C)cc1.[Na+].[OH-]. The smallest absolute Gasteiger partial charge is 0.870 e. The number of carboxylic acids is 2. The zero-order valence-corrected chi connectivity index (χ0v) is 90.5. The molecule has 28 nitrogen and oxygen atoms in total. The fourth-order valence-electron chi connectivity index (χ4n) is 17.6. The van der Waals surface area contributed by atoms with Crippen LogP contribution in [0.2, 0.25) is 40.2 Å². The largest absolute Gasteiger partial charge is 1.00 e. The third kappa shape index (κ3) is 30.3. The number of benzene rings is 8. The van der Waals surface area contributed by atoms with Crippen molar-refractivity contribution >= 4 is 181 Å². The number of aliphatic carboxylic acids is 1. The summed E-state index contributed by atoms with van der Waals surface area (Å²) in [5.41, 5.74) is 10.3. The van der Waals surface area contributed by atoms with Gasteiger partial charge in [-0.3, -0.25) is 63.1 Å².